The summed E-state index contributed by atoms with van der Waals surface area (Å²) in [6.07, 6.45) is 0. The summed E-state index contributed by atoms with van der Waals surface area (Å²) in [7, 11) is 1.61. The van der Waals surface area contributed by atoms with E-state index in [1.54, 1.807) is 20.1 Å². The van der Waals surface area contributed by atoms with Crippen LogP contribution in [0.25, 0.3) is 0 Å². The normalized spacial score (nSPS) is 10.4. The standard InChI is InChI=1S/C22H24N4O2/c1-14-8-7-9-15(2)21(14)26-20-12-18(24-16(3)25-20)22(27)23-13-17-10-5-6-11-19(17)28-4/h5-12H,13H2,1-4H3,(H,23,27)(H,24,25,26). The minimum absolute atomic E-state index is 0.263. The third-order valence-electron chi connectivity index (χ3n) is 4.44. The van der Waals surface area contributed by atoms with E-state index in [2.05, 4.69) is 20.6 Å². The largest absolute Gasteiger partial charge is 0.496 e. The zero-order valence-electron chi connectivity index (χ0n) is 16.5. The molecule has 28 heavy (non-hydrogen) atoms. The van der Waals surface area contributed by atoms with Crippen molar-refractivity contribution in [2.24, 2.45) is 0 Å². The molecule has 0 bridgehead atoms. The lowest BCUT2D eigenvalue weighted by molar-refractivity contribution is 0.0945. The molecule has 2 aromatic carbocycles. The molecule has 0 radical (unpaired) electrons. The molecule has 0 aliphatic rings. The smallest absolute Gasteiger partial charge is 0.270 e. The minimum atomic E-state index is -0.263. The lowest BCUT2D eigenvalue weighted by Crippen LogP contribution is -2.24. The van der Waals surface area contributed by atoms with Gasteiger partial charge in [0.1, 0.15) is 23.1 Å². The highest BCUT2D eigenvalue weighted by Crippen LogP contribution is 2.23. The first kappa shape index (κ1) is 19.4. The maximum Gasteiger partial charge on any atom is 0.270 e. The number of anilines is 2. The number of aromatic nitrogens is 2. The maximum absolute atomic E-state index is 12.6. The molecule has 0 aliphatic heterocycles. The minimum Gasteiger partial charge on any atom is -0.496 e. The molecule has 0 saturated carbocycles. The molecule has 0 saturated heterocycles. The molecule has 144 valence electrons. The molecule has 2 N–H and O–H groups in total. The first-order chi connectivity index (χ1) is 13.5. The molecule has 1 heterocycles. The van der Waals surface area contributed by atoms with E-state index in [0.29, 0.717) is 23.9 Å². The highest BCUT2D eigenvalue weighted by Gasteiger charge is 2.13. The van der Waals surface area contributed by atoms with Gasteiger partial charge in [0.15, 0.2) is 0 Å². The Morgan fingerprint density at radius 1 is 1.00 bits per heavy atom. The van der Waals surface area contributed by atoms with Crippen molar-refractivity contribution in [2.75, 3.05) is 12.4 Å². The number of nitrogens with zero attached hydrogens (tertiary/aromatic N) is 2. The van der Waals surface area contributed by atoms with Crippen molar-refractivity contribution in [3.63, 3.8) is 0 Å². The Kier molecular flexibility index (Phi) is 5.89. The van der Waals surface area contributed by atoms with Crippen molar-refractivity contribution < 1.29 is 9.53 Å². The van der Waals surface area contributed by atoms with Crippen molar-refractivity contribution in [3.05, 3.63) is 76.7 Å². The summed E-state index contributed by atoms with van der Waals surface area (Å²) in [5.41, 5.74) is 4.42. The first-order valence-electron chi connectivity index (χ1n) is 9.07. The van der Waals surface area contributed by atoms with Crippen LogP contribution in [0.1, 0.15) is 33.0 Å². The molecule has 6 heteroatoms. The van der Waals surface area contributed by atoms with Gasteiger partial charge in [0.2, 0.25) is 0 Å². The third kappa shape index (κ3) is 4.46. The molecule has 0 spiro atoms. The van der Waals surface area contributed by atoms with Crippen molar-refractivity contribution in [2.45, 2.75) is 27.3 Å². The lowest BCUT2D eigenvalue weighted by atomic mass is 10.1. The summed E-state index contributed by atoms with van der Waals surface area (Å²) in [4.78, 5) is 21.3. The Labute approximate surface area is 165 Å². The van der Waals surface area contributed by atoms with Crippen molar-refractivity contribution in [3.8, 4) is 5.75 Å². The number of para-hydroxylation sites is 2. The van der Waals surface area contributed by atoms with Gasteiger partial charge >= 0.3 is 0 Å². The predicted molar refractivity (Wildman–Crippen MR) is 110 cm³/mol. The Hall–Kier alpha value is -3.41. The fourth-order valence-electron chi connectivity index (χ4n) is 3.00. The second-order valence-corrected chi connectivity index (χ2v) is 6.57. The summed E-state index contributed by atoms with van der Waals surface area (Å²) in [6, 6.07) is 15.3. The number of carbonyl (C=O) groups excluding carboxylic acids is 1. The summed E-state index contributed by atoms with van der Waals surface area (Å²) in [5.74, 6) is 1.59. The van der Waals surface area contributed by atoms with E-state index in [0.717, 1.165) is 28.1 Å². The fraction of sp³-hybridized carbons (Fsp3) is 0.227. The van der Waals surface area contributed by atoms with Crippen LogP contribution < -0.4 is 15.4 Å². The topological polar surface area (TPSA) is 76.1 Å². The number of aryl methyl sites for hydroxylation is 3. The Bertz CT molecular complexity index is 981. The second kappa shape index (κ2) is 8.52. The molecule has 3 rings (SSSR count). The number of methoxy groups -OCH3 is 1. The van der Waals surface area contributed by atoms with Crippen molar-refractivity contribution >= 4 is 17.4 Å². The van der Waals surface area contributed by atoms with Crippen LogP contribution in [0.3, 0.4) is 0 Å². The molecule has 0 atom stereocenters. The average Bonchev–Trinajstić information content (AvgIpc) is 2.69. The number of amides is 1. The van der Waals surface area contributed by atoms with E-state index in [9.17, 15) is 4.79 Å². The highest BCUT2D eigenvalue weighted by atomic mass is 16.5. The van der Waals surface area contributed by atoms with Crippen LogP contribution in [0.4, 0.5) is 11.5 Å². The number of ether oxygens (including phenoxy) is 1. The third-order valence-corrected chi connectivity index (χ3v) is 4.44. The van der Waals surface area contributed by atoms with Crippen molar-refractivity contribution in [1.82, 2.24) is 15.3 Å². The molecule has 0 fully saturated rings. The zero-order valence-corrected chi connectivity index (χ0v) is 16.5. The molecule has 3 aromatic rings. The van der Waals surface area contributed by atoms with E-state index in [1.165, 1.54) is 0 Å². The lowest BCUT2D eigenvalue weighted by Gasteiger charge is -2.13. The fourth-order valence-corrected chi connectivity index (χ4v) is 3.00. The van der Waals surface area contributed by atoms with E-state index in [1.807, 2.05) is 56.3 Å². The number of benzene rings is 2. The van der Waals surface area contributed by atoms with Gasteiger partial charge in [0.05, 0.1) is 7.11 Å². The van der Waals surface area contributed by atoms with Gasteiger partial charge in [-0.3, -0.25) is 4.79 Å². The van der Waals surface area contributed by atoms with Gasteiger partial charge in [-0.2, -0.15) is 0 Å². The van der Waals surface area contributed by atoms with Gasteiger partial charge in [0.25, 0.3) is 5.91 Å². The number of nitrogens with one attached hydrogen (secondary N) is 2. The van der Waals surface area contributed by atoms with Crippen LogP contribution in [-0.2, 0) is 6.54 Å². The van der Waals surface area contributed by atoms with Gasteiger partial charge in [-0.25, -0.2) is 9.97 Å². The van der Waals surface area contributed by atoms with Gasteiger partial charge < -0.3 is 15.4 Å². The van der Waals surface area contributed by atoms with E-state index in [-0.39, 0.29) is 5.91 Å². The Morgan fingerprint density at radius 3 is 2.43 bits per heavy atom. The van der Waals surface area contributed by atoms with Crippen LogP contribution in [-0.4, -0.2) is 23.0 Å². The van der Waals surface area contributed by atoms with Gasteiger partial charge in [-0.05, 0) is 38.0 Å². The summed E-state index contributed by atoms with van der Waals surface area (Å²) in [5, 5.41) is 6.21. The average molecular weight is 376 g/mol. The van der Waals surface area contributed by atoms with E-state index < -0.39 is 0 Å². The molecule has 1 amide bonds. The maximum atomic E-state index is 12.6. The summed E-state index contributed by atoms with van der Waals surface area (Å²) in [6.45, 7) is 6.19. The Balaban J connectivity index is 1.78. The van der Waals surface area contributed by atoms with Crippen LogP contribution in [0.2, 0.25) is 0 Å². The molecule has 0 unspecified atom stereocenters. The molecular formula is C22H24N4O2. The predicted octanol–water partition coefficient (Wildman–Crippen LogP) is 4.08. The molecule has 1 aromatic heterocycles. The molecule has 6 nitrogen and oxygen atoms in total. The SMILES string of the molecule is COc1ccccc1CNC(=O)c1cc(Nc2c(C)cccc2C)nc(C)n1. The number of hydrogen-bond acceptors (Lipinski definition) is 5. The number of carbonyl (C=O) groups is 1. The van der Waals surface area contributed by atoms with Crippen molar-refractivity contribution in [1.29, 1.82) is 0 Å². The number of rotatable bonds is 6. The Morgan fingerprint density at radius 2 is 1.71 bits per heavy atom. The summed E-state index contributed by atoms with van der Waals surface area (Å²) < 4.78 is 5.32. The summed E-state index contributed by atoms with van der Waals surface area (Å²) >= 11 is 0. The van der Waals surface area contributed by atoms with Crippen LogP contribution in [0, 0.1) is 20.8 Å². The highest BCUT2D eigenvalue weighted by molar-refractivity contribution is 5.93. The zero-order chi connectivity index (χ0) is 20.1. The first-order valence-corrected chi connectivity index (χ1v) is 9.07. The monoisotopic (exact) mass is 376 g/mol. The van der Waals surface area contributed by atoms with Crippen LogP contribution in [0.15, 0.2) is 48.5 Å². The van der Waals surface area contributed by atoms with Crippen LogP contribution in [0.5, 0.6) is 5.75 Å². The number of hydrogen-bond donors (Lipinski definition) is 2. The van der Waals surface area contributed by atoms with Crippen LogP contribution >= 0.6 is 0 Å². The second-order valence-electron chi connectivity index (χ2n) is 6.57. The van der Waals surface area contributed by atoms with Gasteiger partial charge in [0, 0.05) is 23.9 Å². The van der Waals surface area contributed by atoms with Gasteiger partial charge in [-0.15, -0.1) is 0 Å². The van der Waals surface area contributed by atoms with Gasteiger partial charge in [-0.1, -0.05) is 36.4 Å². The molecular weight excluding hydrogens is 352 g/mol. The quantitative estimate of drug-likeness (QED) is 0.678. The molecule has 0 aliphatic carbocycles. The van der Waals surface area contributed by atoms with E-state index in [4.69, 9.17) is 4.74 Å². The van der Waals surface area contributed by atoms with E-state index >= 15 is 0 Å².